The van der Waals surface area contributed by atoms with Crippen molar-refractivity contribution in [2.45, 2.75) is 20.3 Å². The van der Waals surface area contributed by atoms with Gasteiger partial charge in [-0.05, 0) is 43.2 Å². The lowest BCUT2D eigenvalue weighted by molar-refractivity contribution is 0.0988. The van der Waals surface area contributed by atoms with Crippen molar-refractivity contribution in [1.82, 2.24) is 9.97 Å². The third-order valence-electron chi connectivity index (χ3n) is 4.17. The predicted molar refractivity (Wildman–Crippen MR) is 105 cm³/mol. The van der Waals surface area contributed by atoms with Crippen molar-refractivity contribution < 1.29 is 4.79 Å². The summed E-state index contributed by atoms with van der Waals surface area (Å²) in [7, 11) is 1.74. The van der Waals surface area contributed by atoms with E-state index in [1.807, 2.05) is 55.5 Å². The summed E-state index contributed by atoms with van der Waals surface area (Å²) in [6.07, 6.45) is 0.900. The number of hydrogen-bond donors (Lipinski definition) is 1. The van der Waals surface area contributed by atoms with E-state index in [0.717, 1.165) is 23.5 Å². The summed E-state index contributed by atoms with van der Waals surface area (Å²) in [5, 5.41) is 3.25. The van der Waals surface area contributed by atoms with Gasteiger partial charge < -0.3 is 10.2 Å². The van der Waals surface area contributed by atoms with Crippen LogP contribution in [0.5, 0.6) is 0 Å². The minimum Gasteiger partial charge on any atom is -0.324 e. The Balaban J connectivity index is 1.89. The number of aryl methyl sites for hydroxylation is 2. The van der Waals surface area contributed by atoms with Gasteiger partial charge in [-0.2, -0.15) is 0 Å². The van der Waals surface area contributed by atoms with Gasteiger partial charge in [-0.15, -0.1) is 0 Å². The highest BCUT2D eigenvalue weighted by atomic mass is 16.2. The van der Waals surface area contributed by atoms with E-state index < -0.39 is 0 Å². The van der Waals surface area contributed by atoms with Gasteiger partial charge in [-0.25, -0.2) is 9.97 Å². The molecule has 0 spiro atoms. The van der Waals surface area contributed by atoms with E-state index in [9.17, 15) is 4.79 Å². The molecule has 132 valence electrons. The van der Waals surface area contributed by atoms with Gasteiger partial charge in [0.15, 0.2) is 0 Å². The minimum atomic E-state index is -0.173. The zero-order valence-corrected chi connectivity index (χ0v) is 15.2. The van der Waals surface area contributed by atoms with Gasteiger partial charge in [0.25, 0.3) is 5.91 Å². The van der Waals surface area contributed by atoms with Crippen molar-refractivity contribution >= 4 is 23.2 Å². The third-order valence-corrected chi connectivity index (χ3v) is 4.17. The van der Waals surface area contributed by atoms with Gasteiger partial charge in [0, 0.05) is 24.1 Å². The second-order valence-corrected chi connectivity index (χ2v) is 6.05. The van der Waals surface area contributed by atoms with Gasteiger partial charge in [0.1, 0.15) is 5.69 Å². The molecule has 1 amide bonds. The molecule has 0 saturated heterocycles. The van der Waals surface area contributed by atoms with Gasteiger partial charge in [0.05, 0.1) is 0 Å². The average molecular weight is 346 g/mol. The molecule has 1 heterocycles. The maximum Gasteiger partial charge on any atom is 0.276 e. The van der Waals surface area contributed by atoms with Crippen molar-refractivity contribution in [2.24, 2.45) is 0 Å². The Kier molecular flexibility index (Phi) is 5.27. The Morgan fingerprint density at radius 2 is 1.73 bits per heavy atom. The molecule has 0 aliphatic rings. The lowest BCUT2D eigenvalue weighted by Crippen LogP contribution is -2.27. The SMILES string of the molecule is CCc1ccccc1Nc1nc(C)cc(C(=O)N(C)c2ccccc2)n1. The minimum absolute atomic E-state index is 0.173. The van der Waals surface area contributed by atoms with Crippen molar-refractivity contribution in [1.29, 1.82) is 0 Å². The fraction of sp³-hybridized carbons (Fsp3) is 0.190. The van der Waals surface area contributed by atoms with E-state index in [1.165, 1.54) is 5.56 Å². The summed E-state index contributed by atoms with van der Waals surface area (Å²) < 4.78 is 0. The van der Waals surface area contributed by atoms with Crippen LogP contribution < -0.4 is 10.2 Å². The first-order chi connectivity index (χ1) is 12.6. The smallest absolute Gasteiger partial charge is 0.276 e. The molecule has 0 unspecified atom stereocenters. The first-order valence-electron chi connectivity index (χ1n) is 8.62. The van der Waals surface area contributed by atoms with Crippen LogP contribution in [0, 0.1) is 6.92 Å². The molecule has 0 bridgehead atoms. The highest BCUT2D eigenvalue weighted by Gasteiger charge is 2.17. The summed E-state index contributed by atoms with van der Waals surface area (Å²) in [4.78, 5) is 23.3. The molecular weight excluding hydrogens is 324 g/mol. The molecule has 3 aromatic rings. The number of hydrogen-bond acceptors (Lipinski definition) is 4. The first kappa shape index (κ1) is 17.6. The molecule has 5 heteroatoms. The summed E-state index contributed by atoms with van der Waals surface area (Å²) in [6, 6.07) is 19.2. The van der Waals surface area contributed by atoms with Gasteiger partial charge in [-0.3, -0.25) is 4.79 Å². The Hall–Kier alpha value is -3.21. The van der Waals surface area contributed by atoms with Crippen LogP contribution in [-0.4, -0.2) is 22.9 Å². The van der Waals surface area contributed by atoms with Gasteiger partial charge >= 0.3 is 0 Å². The molecule has 5 nitrogen and oxygen atoms in total. The Morgan fingerprint density at radius 1 is 1.04 bits per heavy atom. The average Bonchev–Trinajstić information content (AvgIpc) is 2.67. The molecule has 26 heavy (non-hydrogen) atoms. The molecule has 0 radical (unpaired) electrons. The monoisotopic (exact) mass is 346 g/mol. The van der Waals surface area contributed by atoms with Crippen LogP contribution in [0.25, 0.3) is 0 Å². The van der Waals surface area contributed by atoms with E-state index in [1.54, 1.807) is 18.0 Å². The highest BCUT2D eigenvalue weighted by Crippen LogP contribution is 2.20. The molecule has 2 aromatic carbocycles. The molecule has 0 atom stereocenters. The number of carbonyl (C=O) groups excluding carboxylic acids is 1. The van der Waals surface area contributed by atoms with Crippen LogP contribution in [0.1, 0.15) is 28.7 Å². The molecule has 0 aliphatic carbocycles. The normalized spacial score (nSPS) is 10.4. The molecule has 0 fully saturated rings. The van der Waals surface area contributed by atoms with Crippen LogP contribution in [0.2, 0.25) is 0 Å². The fourth-order valence-electron chi connectivity index (χ4n) is 2.75. The largest absolute Gasteiger partial charge is 0.324 e. The third kappa shape index (κ3) is 3.88. The zero-order valence-electron chi connectivity index (χ0n) is 15.2. The lowest BCUT2D eigenvalue weighted by atomic mass is 10.1. The standard InChI is InChI=1S/C21H22N4O/c1-4-16-10-8-9-13-18(16)23-21-22-15(2)14-19(24-21)20(26)25(3)17-11-6-5-7-12-17/h5-14H,4H2,1-3H3,(H,22,23,24). The second kappa shape index (κ2) is 7.78. The van der Waals surface area contributed by atoms with Crippen molar-refractivity contribution in [3.63, 3.8) is 0 Å². The van der Waals surface area contributed by atoms with Crippen molar-refractivity contribution in [3.05, 3.63) is 77.6 Å². The number of benzene rings is 2. The van der Waals surface area contributed by atoms with Crippen molar-refractivity contribution in [2.75, 3.05) is 17.3 Å². The number of amides is 1. The van der Waals surface area contributed by atoms with Crippen molar-refractivity contribution in [3.8, 4) is 0 Å². The van der Waals surface area contributed by atoms with Crippen LogP contribution in [-0.2, 0) is 6.42 Å². The maximum atomic E-state index is 12.8. The molecule has 1 N–H and O–H groups in total. The molecule has 0 aliphatic heterocycles. The van der Waals surface area contributed by atoms with E-state index in [2.05, 4.69) is 28.3 Å². The van der Waals surface area contributed by atoms with E-state index >= 15 is 0 Å². The predicted octanol–water partition coefficient (Wildman–Crippen LogP) is 4.37. The van der Waals surface area contributed by atoms with Gasteiger partial charge in [-0.1, -0.05) is 43.3 Å². The number of carbonyl (C=O) groups is 1. The summed E-state index contributed by atoms with van der Waals surface area (Å²) in [5.41, 5.74) is 4.04. The van der Waals surface area contributed by atoms with Gasteiger partial charge in [0.2, 0.25) is 5.95 Å². The molecular formula is C21H22N4O. The van der Waals surface area contributed by atoms with Crippen LogP contribution >= 0.6 is 0 Å². The van der Waals surface area contributed by atoms with E-state index in [-0.39, 0.29) is 5.91 Å². The summed E-state index contributed by atoms with van der Waals surface area (Å²) >= 11 is 0. The molecule has 3 rings (SSSR count). The van der Waals surface area contributed by atoms with Crippen LogP contribution in [0.3, 0.4) is 0 Å². The number of anilines is 3. The zero-order chi connectivity index (χ0) is 18.5. The summed E-state index contributed by atoms with van der Waals surface area (Å²) in [6.45, 7) is 3.96. The first-order valence-corrected chi connectivity index (χ1v) is 8.62. The Labute approximate surface area is 153 Å². The topological polar surface area (TPSA) is 58.1 Å². The highest BCUT2D eigenvalue weighted by molar-refractivity contribution is 6.04. The number of nitrogens with one attached hydrogen (secondary N) is 1. The number of rotatable bonds is 5. The van der Waals surface area contributed by atoms with E-state index in [0.29, 0.717) is 11.6 Å². The molecule has 1 aromatic heterocycles. The Bertz CT molecular complexity index is 909. The summed E-state index contributed by atoms with van der Waals surface area (Å²) in [5.74, 6) is 0.254. The van der Waals surface area contributed by atoms with Crippen LogP contribution in [0.4, 0.5) is 17.3 Å². The van der Waals surface area contributed by atoms with E-state index in [4.69, 9.17) is 0 Å². The Morgan fingerprint density at radius 3 is 2.46 bits per heavy atom. The second-order valence-electron chi connectivity index (χ2n) is 6.05. The number of para-hydroxylation sites is 2. The molecule has 0 saturated carbocycles. The van der Waals surface area contributed by atoms with Crippen LogP contribution in [0.15, 0.2) is 60.7 Å². The lowest BCUT2D eigenvalue weighted by Gasteiger charge is -2.17. The quantitative estimate of drug-likeness (QED) is 0.745. The number of aromatic nitrogens is 2. The fourth-order valence-corrected chi connectivity index (χ4v) is 2.75. The number of nitrogens with zero attached hydrogens (tertiary/aromatic N) is 3. The maximum absolute atomic E-state index is 12.8.